The van der Waals surface area contributed by atoms with E-state index in [0.29, 0.717) is 31.1 Å². The van der Waals surface area contributed by atoms with Gasteiger partial charge in [-0.15, -0.1) is 11.8 Å². The van der Waals surface area contributed by atoms with Gasteiger partial charge in [-0.05, 0) is 24.0 Å². The Balaban J connectivity index is 2.36. The normalized spacial score (nSPS) is 18.5. The Morgan fingerprint density at radius 2 is 1.81 bits per heavy atom. The first-order chi connectivity index (χ1) is 12.6. The maximum Gasteiger partial charge on any atom is 0.242 e. The average molecular weight is 400 g/mol. The summed E-state index contributed by atoms with van der Waals surface area (Å²) in [6.07, 6.45) is 2.67. The molecule has 0 aliphatic carbocycles. The molecule has 7 nitrogen and oxygen atoms in total. The van der Waals surface area contributed by atoms with Gasteiger partial charge in [0.05, 0.1) is 5.25 Å². The smallest absolute Gasteiger partial charge is 0.242 e. The third-order valence-corrected chi connectivity index (χ3v) is 5.89. The molecule has 0 saturated carbocycles. The molecule has 2 atom stereocenters. The SMILES string of the molecule is CC(C)SC1CC(=O)N(CCCCCC(=O)N(C)C(C(N)=O)C(C)C)C1=O. The topological polar surface area (TPSA) is 101 Å². The second-order valence-electron chi connectivity index (χ2n) is 7.67. The van der Waals surface area contributed by atoms with E-state index >= 15 is 0 Å². The monoisotopic (exact) mass is 399 g/mol. The molecule has 1 fully saturated rings. The number of primary amides is 1. The van der Waals surface area contributed by atoms with Crippen LogP contribution in [0.3, 0.4) is 0 Å². The molecule has 27 heavy (non-hydrogen) atoms. The molecule has 1 saturated heterocycles. The molecule has 2 unspecified atom stereocenters. The van der Waals surface area contributed by atoms with Crippen LogP contribution in [0.25, 0.3) is 0 Å². The van der Waals surface area contributed by atoms with Gasteiger partial charge in [0, 0.05) is 26.4 Å². The van der Waals surface area contributed by atoms with Crippen LogP contribution in [-0.2, 0) is 19.2 Å². The largest absolute Gasteiger partial charge is 0.368 e. The molecule has 0 aromatic rings. The second-order valence-corrected chi connectivity index (χ2v) is 9.45. The van der Waals surface area contributed by atoms with Crippen LogP contribution in [0.2, 0.25) is 0 Å². The number of likely N-dealkylation sites (N-methyl/N-ethyl adjacent to an activating group) is 1. The van der Waals surface area contributed by atoms with Gasteiger partial charge in [0.1, 0.15) is 6.04 Å². The van der Waals surface area contributed by atoms with E-state index in [-0.39, 0.29) is 35.3 Å². The molecule has 0 aromatic heterocycles. The molecule has 4 amide bonds. The van der Waals surface area contributed by atoms with Crippen LogP contribution in [0.15, 0.2) is 0 Å². The number of nitrogens with zero attached hydrogens (tertiary/aromatic N) is 2. The summed E-state index contributed by atoms with van der Waals surface area (Å²) < 4.78 is 0. The van der Waals surface area contributed by atoms with E-state index in [9.17, 15) is 19.2 Å². The first-order valence-electron chi connectivity index (χ1n) is 9.60. The summed E-state index contributed by atoms with van der Waals surface area (Å²) in [4.78, 5) is 50.9. The van der Waals surface area contributed by atoms with Gasteiger partial charge in [0.25, 0.3) is 0 Å². The number of hydrogen-bond acceptors (Lipinski definition) is 5. The number of carbonyl (C=O) groups is 4. The fraction of sp³-hybridized carbons (Fsp3) is 0.789. The lowest BCUT2D eigenvalue weighted by Gasteiger charge is -2.28. The Hall–Kier alpha value is -1.57. The summed E-state index contributed by atoms with van der Waals surface area (Å²) in [5, 5.41) is 0.0549. The summed E-state index contributed by atoms with van der Waals surface area (Å²) in [5.74, 6) is -0.846. The van der Waals surface area contributed by atoms with E-state index in [1.54, 1.807) is 7.05 Å². The van der Waals surface area contributed by atoms with Crippen molar-refractivity contribution in [2.24, 2.45) is 11.7 Å². The number of amides is 4. The van der Waals surface area contributed by atoms with Crippen LogP contribution in [0.1, 0.15) is 59.8 Å². The number of thioether (sulfide) groups is 1. The quantitative estimate of drug-likeness (QED) is 0.422. The van der Waals surface area contributed by atoms with E-state index in [1.807, 2.05) is 27.7 Å². The lowest BCUT2D eigenvalue weighted by Crippen LogP contribution is -2.48. The molecule has 1 rings (SSSR count). The highest BCUT2D eigenvalue weighted by Gasteiger charge is 2.38. The lowest BCUT2D eigenvalue weighted by atomic mass is 10.0. The molecule has 1 aliphatic rings. The van der Waals surface area contributed by atoms with Crippen LogP contribution < -0.4 is 5.73 Å². The third kappa shape index (κ3) is 6.83. The van der Waals surface area contributed by atoms with Gasteiger partial charge in [-0.25, -0.2) is 0 Å². The van der Waals surface area contributed by atoms with Crippen molar-refractivity contribution < 1.29 is 19.2 Å². The lowest BCUT2D eigenvalue weighted by molar-refractivity contribution is -0.139. The number of likely N-dealkylation sites (tertiary alicyclic amines) is 1. The van der Waals surface area contributed by atoms with Crippen molar-refractivity contribution >= 4 is 35.4 Å². The standard InChI is InChI=1S/C19H33N3O4S/c1-12(2)17(18(20)25)21(5)15(23)9-7-6-8-10-22-16(24)11-14(19(22)26)27-13(3)4/h12-14,17H,6-11H2,1-5H3,(H2,20,25). The highest BCUT2D eigenvalue weighted by atomic mass is 32.2. The van der Waals surface area contributed by atoms with Crippen molar-refractivity contribution in [3.05, 3.63) is 0 Å². The van der Waals surface area contributed by atoms with Crippen molar-refractivity contribution in [1.82, 2.24) is 9.80 Å². The minimum absolute atomic E-state index is 0.0414. The van der Waals surface area contributed by atoms with Crippen molar-refractivity contribution in [3.8, 4) is 0 Å². The molecule has 0 radical (unpaired) electrons. The summed E-state index contributed by atoms with van der Waals surface area (Å²) in [6.45, 7) is 8.15. The maximum atomic E-state index is 12.3. The highest BCUT2D eigenvalue weighted by molar-refractivity contribution is 8.01. The third-order valence-electron chi connectivity index (χ3n) is 4.64. The molecule has 2 N–H and O–H groups in total. The number of nitrogens with two attached hydrogens (primary N) is 1. The minimum atomic E-state index is -0.604. The van der Waals surface area contributed by atoms with Gasteiger partial charge in [0.15, 0.2) is 0 Å². The van der Waals surface area contributed by atoms with Crippen molar-refractivity contribution in [2.45, 2.75) is 76.3 Å². The Bertz CT molecular complexity index is 565. The zero-order valence-corrected chi connectivity index (χ0v) is 17.9. The second kappa shape index (κ2) is 10.7. The Kier molecular flexibility index (Phi) is 9.29. The van der Waals surface area contributed by atoms with Crippen molar-refractivity contribution in [3.63, 3.8) is 0 Å². The predicted octanol–water partition coefficient (Wildman–Crippen LogP) is 1.78. The van der Waals surface area contributed by atoms with E-state index in [4.69, 9.17) is 5.73 Å². The zero-order valence-electron chi connectivity index (χ0n) is 17.1. The average Bonchev–Trinajstić information content (AvgIpc) is 2.79. The van der Waals surface area contributed by atoms with Gasteiger partial charge in [0.2, 0.25) is 23.6 Å². The Morgan fingerprint density at radius 1 is 1.19 bits per heavy atom. The minimum Gasteiger partial charge on any atom is -0.368 e. The zero-order chi connectivity index (χ0) is 20.7. The van der Waals surface area contributed by atoms with Gasteiger partial charge in [-0.1, -0.05) is 34.1 Å². The summed E-state index contributed by atoms with van der Waals surface area (Å²) in [7, 11) is 1.60. The van der Waals surface area contributed by atoms with Crippen LogP contribution in [0.5, 0.6) is 0 Å². The first-order valence-corrected chi connectivity index (χ1v) is 10.5. The molecule has 0 bridgehead atoms. The molecule has 8 heteroatoms. The molecule has 0 spiro atoms. The number of hydrogen-bond donors (Lipinski definition) is 1. The van der Waals surface area contributed by atoms with Gasteiger partial charge in [-0.2, -0.15) is 0 Å². The molecule has 1 heterocycles. The Morgan fingerprint density at radius 3 is 2.33 bits per heavy atom. The maximum absolute atomic E-state index is 12.3. The summed E-state index contributed by atoms with van der Waals surface area (Å²) in [5.41, 5.74) is 5.39. The van der Waals surface area contributed by atoms with Gasteiger partial charge < -0.3 is 10.6 Å². The summed E-state index contributed by atoms with van der Waals surface area (Å²) in [6, 6.07) is -0.604. The molecule has 1 aliphatic heterocycles. The first kappa shape index (κ1) is 23.5. The fourth-order valence-corrected chi connectivity index (χ4v) is 4.48. The molecule has 0 aromatic carbocycles. The van der Waals surface area contributed by atoms with E-state index in [0.717, 1.165) is 6.42 Å². The van der Waals surface area contributed by atoms with E-state index in [2.05, 4.69) is 0 Å². The number of imide groups is 1. The Labute approximate surface area is 166 Å². The van der Waals surface area contributed by atoms with E-state index in [1.165, 1.54) is 21.6 Å². The van der Waals surface area contributed by atoms with Crippen LogP contribution in [-0.4, -0.2) is 63.6 Å². The van der Waals surface area contributed by atoms with Crippen LogP contribution in [0, 0.1) is 5.92 Å². The molecular formula is C19H33N3O4S. The molecule has 154 valence electrons. The van der Waals surface area contributed by atoms with Crippen molar-refractivity contribution in [2.75, 3.05) is 13.6 Å². The van der Waals surface area contributed by atoms with Crippen LogP contribution >= 0.6 is 11.8 Å². The fourth-order valence-electron chi connectivity index (χ4n) is 3.34. The highest BCUT2D eigenvalue weighted by Crippen LogP contribution is 2.28. The number of carbonyl (C=O) groups excluding carboxylic acids is 4. The van der Waals surface area contributed by atoms with Gasteiger partial charge >= 0.3 is 0 Å². The van der Waals surface area contributed by atoms with E-state index < -0.39 is 11.9 Å². The van der Waals surface area contributed by atoms with Crippen molar-refractivity contribution in [1.29, 1.82) is 0 Å². The molecular weight excluding hydrogens is 366 g/mol. The predicted molar refractivity (Wildman–Crippen MR) is 107 cm³/mol. The van der Waals surface area contributed by atoms with Gasteiger partial charge in [-0.3, -0.25) is 24.1 Å². The number of unbranched alkanes of at least 4 members (excludes halogenated alkanes) is 2. The summed E-state index contributed by atoms with van der Waals surface area (Å²) >= 11 is 1.54. The number of rotatable bonds is 11. The van der Waals surface area contributed by atoms with Crippen LogP contribution in [0.4, 0.5) is 0 Å².